The number of aryl methyl sites for hydroxylation is 1. The van der Waals surface area contributed by atoms with Crippen molar-refractivity contribution in [2.75, 3.05) is 35.4 Å². The van der Waals surface area contributed by atoms with Gasteiger partial charge in [0.05, 0.1) is 10.6 Å². The molecule has 0 saturated carbocycles. The minimum absolute atomic E-state index is 0.164. The topological polar surface area (TPSA) is 69.7 Å². The van der Waals surface area contributed by atoms with Crippen LogP contribution in [0.25, 0.3) is 0 Å². The highest BCUT2D eigenvalue weighted by molar-refractivity contribution is 7.92. The van der Waals surface area contributed by atoms with Crippen LogP contribution in [0, 0.1) is 6.92 Å². The van der Waals surface area contributed by atoms with Crippen molar-refractivity contribution in [3.63, 3.8) is 0 Å². The van der Waals surface area contributed by atoms with Crippen LogP contribution in [0.1, 0.15) is 17.5 Å². The molecule has 0 spiro atoms. The molecule has 1 aliphatic heterocycles. The van der Waals surface area contributed by atoms with Gasteiger partial charge in [0.2, 0.25) is 5.91 Å². The first kappa shape index (κ1) is 22.9. The molecule has 0 atom stereocenters. The number of amides is 1. The summed E-state index contributed by atoms with van der Waals surface area (Å²) in [4.78, 5) is 15.2. The third-order valence-electron chi connectivity index (χ3n) is 5.85. The lowest BCUT2D eigenvalue weighted by Crippen LogP contribution is -2.41. The summed E-state index contributed by atoms with van der Waals surface area (Å²) in [6.07, 6.45) is 1.83. The van der Waals surface area contributed by atoms with Crippen LogP contribution in [-0.4, -0.2) is 40.5 Å². The number of carbonyl (C=O) groups is 1. The Hall–Kier alpha value is -3.32. The van der Waals surface area contributed by atoms with Crippen molar-refractivity contribution in [1.82, 2.24) is 5.32 Å². The number of nitrogens with one attached hydrogen (secondary N) is 1. The van der Waals surface area contributed by atoms with E-state index < -0.39 is 10.0 Å². The first-order valence-corrected chi connectivity index (χ1v) is 12.6. The third kappa shape index (κ3) is 5.37. The molecule has 0 unspecified atom stereocenters. The summed E-state index contributed by atoms with van der Waals surface area (Å²) in [5.41, 5.74) is 4.06. The molecule has 7 heteroatoms. The molecule has 3 aromatic carbocycles. The molecule has 172 valence electrons. The van der Waals surface area contributed by atoms with E-state index in [-0.39, 0.29) is 17.3 Å². The van der Waals surface area contributed by atoms with Crippen molar-refractivity contribution in [3.05, 3.63) is 90.0 Å². The lowest BCUT2D eigenvalue weighted by Gasteiger charge is -2.24. The Morgan fingerprint density at radius 2 is 1.67 bits per heavy atom. The SMILES string of the molecule is Cc1ccc(S(=O)(=O)N(CC(=O)NCCCN2CCc3ccccc32)c2ccccc2)cc1. The van der Waals surface area contributed by atoms with Gasteiger partial charge < -0.3 is 10.2 Å². The molecule has 0 aliphatic carbocycles. The maximum atomic E-state index is 13.3. The van der Waals surface area contributed by atoms with Gasteiger partial charge in [-0.1, -0.05) is 54.1 Å². The fourth-order valence-electron chi connectivity index (χ4n) is 4.07. The number of hydrogen-bond donors (Lipinski definition) is 1. The lowest BCUT2D eigenvalue weighted by molar-refractivity contribution is -0.119. The van der Waals surface area contributed by atoms with Crippen LogP contribution in [0.4, 0.5) is 11.4 Å². The second-order valence-corrected chi connectivity index (χ2v) is 10.1. The Bertz CT molecular complexity index is 1190. The maximum Gasteiger partial charge on any atom is 0.264 e. The first-order chi connectivity index (χ1) is 15.9. The third-order valence-corrected chi connectivity index (χ3v) is 7.64. The van der Waals surface area contributed by atoms with E-state index in [1.165, 1.54) is 15.6 Å². The molecule has 0 radical (unpaired) electrons. The number of rotatable bonds is 9. The number of para-hydroxylation sites is 2. The van der Waals surface area contributed by atoms with Crippen molar-refractivity contribution in [2.24, 2.45) is 0 Å². The normalized spacial score (nSPS) is 12.9. The molecule has 0 fully saturated rings. The molecule has 3 aromatic rings. The average molecular weight is 464 g/mol. The Morgan fingerprint density at radius 3 is 2.42 bits per heavy atom. The van der Waals surface area contributed by atoms with Crippen LogP contribution in [0.15, 0.2) is 83.8 Å². The van der Waals surface area contributed by atoms with Crippen LogP contribution < -0.4 is 14.5 Å². The lowest BCUT2D eigenvalue weighted by atomic mass is 10.2. The molecular weight excluding hydrogens is 434 g/mol. The molecule has 4 rings (SSSR count). The van der Waals surface area contributed by atoms with Crippen LogP contribution in [0.2, 0.25) is 0 Å². The number of fused-ring (bicyclic) bond motifs is 1. The van der Waals surface area contributed by atoms with Gasteiger partial charge in [0, 0.05) is 25.3 Å². The van der Waals surface area contributed by atoms with E-state index in [1.54, 1.807) is 48.5 Å². The molecule has 0 saturated heterocycles. The standard InChI is InChI=1S/C26H29N3O3S/c1-21-12-14-24(15-13-21)33(31,32)29(23-9-3-2-4-10-23)20-26(30)27-17-7-18-28-19-16-22-8-5-6-11-25(22)28/h2-6,8-15H,7,16-20H2,1H3,(H,27,30). The summed E-state index contributed by atoms with van der Waals surface area (Å²) in [7, 11) is -3.88. The van der Waals surface area contributed by atoms with Crippen molar-refractivity contribution in [3.8, 4) is 0 Å². The van der Waals surface area contributed by atoms with Gasteiger partial charge in [0.15, 0.2) is 0 Å². The highest BCUT2D eigenvalue weighted by atomic mass is 32.2. The Labute approximate surface area is 195 Å². The van der Waals surface area contributed by atoms with E-state index in [4.69, 9.17) is 0 Å². The van der Waals surface area contributed by atoms with Gasteiger partial charge in [0.25, 0.3) is 10.0 Å². The monoisotopic (exact) mass is 463 g/mol. The van der Waals surface area contributed by atoms with Crippen molar-refractivity contribution < 1.29 is 13.2 Å². The predicted octanol–water partition coefficient (Wildman–Crippen LogP) is 3.76. The van der Waals surface area contributed by atoms with Crippen molar-refractivity contribution in [2.45, 2.75) is 24.7 Å². The maximum absolute atomic E-state index is 13.3. The molecule has 1 amide bonds. The molecule has 33 heavy (non-hydrogen) atoms. The summed E-state index contributed by atoms with van der Waals surface area (Å²) in [6, 6.07) is 23.8. The minimum atomic E-state index is -3.88. The smallest absolute Gasteiger partial charge is 0.264 e. The van der Waals surface area contributed by atoms with Gasteiger partial charge >= 0.3 is 0 Å². The number of nitrogens with zero attached hydrogens (tertiary/aromatic N) is 2. The number of sulfonamides is 1. The van der Waals surface area contributed by atoms with E-state index in [0.717, 1.165) is 31.5 Å². The molecular formula is C26H29N3O3S. The van der Waals surface area contributed by atoms with E-state index in [0.29, 0.717) is 12.2 Å². The van der Waals surface area contributed by atoms with E-state index in [9.17, 15) is 13.2 Å². The first-order valence-electron chi connectivity index (χ1n) is 11.2. The number of anilines is 2. The summed E-state index contributed by atoms with van der Waals surface area (Å²) >= 11 is 0. The molecule has 1 aliphatic rings. The second-order valence-electron chi connectivity index (χ2n) is 8.23. The molecule has 6 nitrogen and oxygen atoms in total. The largest absolute Gasteiger partial charge is 0.371 e. The summed E-state index contributed by atoms with van der Waals surface area (Å²) < 4.78 is 27.8. The molecule has 0 bridgehead atoms. The van der Waals surface area contributed by atoms with Gasteiger partial charge in [-0.25, -0.2) is 8.42 Å². The fourth-order valence-corrected chi connectivity index (χ4v) is 5.49. The van der Waals surface area contributed by atoms with Crippen molar-refractivity contribution >= 4 is 27.3 Å². The highest BCUT2D eigenvalue weighted by Crippen LogP contribution is 2.27. The summed E-state index contributed by atoms with van der Waals surface area (Å²) in [5, 5.41) is 2.89. The zero-order valence-electron chi connectivity index (χ0n) is 18.8. The number of benzene rings is 3. The van der Waals surface area contributed by atoms with Gasteiger partial charge in [-0.05, 0) is 55.7 Å². The zero-order valence-corrected chi connectivity index (χ0v) is 19.6. The van der Waals surface area contributed by atoms with Crippen LogP contribution >= 0.6 is 0 Å². The summed E-state index contributed by atoms with van der Waals surface area (Å²) in [6.45, 7) is 3.96. The molecule has 1 heterocycles. The summed E-state index contributed by atoms with van der Waals surface area (Å²) in [5.74, 6) is -0.323. The van der Waals surface area contributed by atoms with Gasteiger partial charge in [-0.3, -0.25) is 9.10 Å². The van der Waals surface area contributed by atoms with Gasteiger partial charge in [-0.15, -0.1) is 0 Å². The van der Waals surface area contributed by atoms with Gasteiger partial charge in [0.1, 0.15) is 6.54 Å². The minimum Gasteiger partial charge on any atom is -0.371 e. The second kappa shape index (κ2) is 10.1. The van der Waals surface area contributed by atoms with Crippen molar-refractivity contribution in [1.29, 1.82) is 0 Å². The van der Waals surface area contributed by atoms with E-state index >= 15 is 0 Å². The van der Waals surface area contributed by atoms with Gasteiger partial charge in [-0.2, -0.15) is 0 Å². The van der Waals surface area contributed by atoms with E-state index in [2.05, 4.69) is 28.4 Å². The Balaban J connectivity index is 1.38. The molecule has 0 aromatic heterocycles. The molecule has 1 N–H and O–H groups in total. The average Bonchev–Trinajstić information content (AvgIpc) is 3.24. The Kier molecular flexibility index (Phi) is 6.99. The van der Waals surface area contributed by atoms with E-state index in [1.807, 2.05) is 19.1 Å². The van der Waals surface area contributed by atoms with Crippen LogP contribution in [-0.2, 0) is 21.2 Å². The Morgan fingerprint density at radius 1 is 0.970 bits per heavy atom. The highest BCUT2D eigenvalue weighted by Gasteiger charge is 2.27. The number of carbonyl (C=O) groups excluding carboxylic acids is 1. The zero-order chi connectivity index (χ0) is 23.3. The predicted molar refractivity (Wildman–Crippen MR) is 132 cm³/mol. The fraction of sp³-hybridized carbons (Fsp3) is 0.269. The van der Waals surface area contributed by atoms with Crippen LogP contribution in [0.5, 0.6) is 0 Å². The number of hydrogen-bond acceptors (Lipinski definition) is 4. The quantitative estimate of drug-likeness (QED) is 0.491. The van der Waals surface area contributed by atoms with Crippen LogP contribution in [0.3, 0.4) is 0 Å².